The van der Waals surface area contributed by atoms with Gasteiger partial charge in [0.2, 0.25) is 0 Å². The van der Waals surface area contributed by atoms with Gasteiger partial charge in [-0.1, -0.05) is 54.8 Å². The molecule has 0 amide bonds. The number of unbranched alkanes of at least 4 members (excludes halogenated alkanes) is 1. The zero-order valence-electron chi connectivity index (χ0n) is 15.3. The first-order valence-electron chi connectivity index (χ1n) is 8.90. The zero-order chi connectivity index (χ0) is 17.5. The van der Waals surface area contributed by atoms with E-state index in [0.29, 0.717) is 11.8 Å². The highest BCUT2D eigenvalue weighted by Gasteiger charge is 2.21. The molecule has 0 aliphatic heterocycles. The van der Waals surface area contributed by atoms with Crippen LogP contribution in [0.3, 0.4) is 0 Å². The Morgan fingerprint density at radius 2 is 1.92 bits per heavy atom. The monoisotopic (exact) mass is 392 g/mol. The van der Waals surface area contributed by atoms with Crippen LogP contribution in [0, 0.1) is 11.8 Å². The summed E-state index contributed by atoms with van der Waals surface area (Å²) in [6, 6.07) is 6.15. The Hall–Kier alpha value is -1.22. The molecule has 1 aromatic carbocycles. The number of methoxy groups -OCH3 is 2. The minimum absolute atomic E-state index is 0.619. The fraction of sp³-hybridized carbons (Fsp3) is 0.524. The number of benzene rings is 1. The van der Waals surface area contributed by atoms with E-state index in [1.165, 1.54) is 41.3 Å². The normalized spacial score (nSPS) is 25.7. The van der Waals surface area contributed by atoms with Crippen molar-refractivity contribution < 1.29 is 9.47 Å². The first-order chi connectivity index (χ1) is 11.6. The Labute approximate surface area is 155 Å². The summed E-state index contributed by atoms with van der Waals surface area (Å²) in [6.45, 7) is 4.64. The molecule has 0 N–H and O–H groups in total. The lowest BCUT2D eigenvalue weighted by Crippen LogP contribution is -2.13. The fourth-order valence-corrected chi connectivity index (χ4v) is 4.28. The third-order valence-corrected chi connectivity index (χ3v) is 5.72. The van der Waals surface area contributed by atoms with Crippen molar-refractivity contribution in [2.45, 2.75) is 46.0 Å². The Morgan fingerprint density at radius 1 is 1.17 bits per heavy atom. The lowest BCUT2D eigenvalue weighted by molar-refractivity contribution is 0.355. The van der Waals surface area contributed by atoms with E-state index in [-0.39, 0.29) is 0 Å². The van der Waals surface area contributed by atoms with Crippen LogP contribution in [0.15, 0.2) is 34.8 Å². The molecule has 1 aromatic rings. The number of ether oxygens (including phenoxy) is 2. The second kappa shape index (κ2) is 9.31. The number of allylic oxidation sites excluding steroid dienone is 4. The van der Waals surface area contributed by atoms with Crippen molar-refractivity contribution in [1.82, 2.24) is 0 Å². The van der Waals surface area contributed by atoms with Gasteiger partial charge < -0.3 is 9.47 Å². The molecule has 0 aromatic heterocycles. The molecule has 2 nitrogen and oxygen atoms in total. The topological polar surface area (TPSA) is 18.5 Å². The van der Waals surface area contributed by atoms with Crippen molar-refractivity contribution in [2.75, 3.05) is 14.2 Å². The van der Waals surface area contributed by atoms with Gasteiger partial charge in [-0.15, -0.1) is 0 Å². The Balaban J connectivity index is 2.32. The highest BCUT2D eigenvalue weighted by Crippen LogP contribution is 2.38. The molecule has 0 saturated carbocycles. The van der Waals surface area contributed by atoms with Gasteiger partial charge in [0.25, 0.3) is 0 Å². The van der Waals surface area contributed by atoms with E-state index in [9.17, 15) is 0 Å². The van der Waals surface area contributed by atoms with Crippen molar-refractivity contribution in [1.29, 1.82) is 0 Å². The molecule has 132 valence electrons. The summed E-state index contributed by atoms with van der Waals surface area (Å²) < 4.78 is 12.1. The van der Waals surface area contributed by atoms with Crippen LogP contribution in [-0.4, -0.2) is 14.2 Å². The molecular weight excluding hydrogens is 364 g/mol. The predicted molar refractivity (Wildman–Crippen MR) is 106 cm³/mol. The Bertz CT molecular complexity index is 604. The minimum atomic E-state index is 0.619. The quantitative estimate of drug-likeness (QED) is 0.542. The maximum absolute atomic E-state index is 5.46. The van der Waals surface area contributed by atoms with Crippen LogP contribution in [0.25, 0.3) is 5.57 Å². The second-order valence-electron chi connectivity index (χ2n) is 6.56. The van der Waals surface area contributed by atoms with Crippen molar-refractivity contribution >= 4 is 21.5 Å². The van der Waals surface area contributed by atoms with E-state index in [4.69, 9.17) is 9.47 Å². The van der Waals surface area contributed by atoms with Crippen molar-refractivity contribution in [3.8, 4) is 11.5 Å². The summed E-state index contributed by atoms with van der Waals surface area (Å²) in [4.78, 5) is 0. The number of rotatable bonds is 6. The van der Waals surface area contributed by atoms with Gasteiger partial charge in [-0.3, -0.25) is 0 Å². The van der Waals surface area contributed by atoms with Gasteiger partial charge in [0.1, 0.15) is 0 Å². The van der Waals surface area contributed by atoms with Crippen molar-refractivity contribution in [3.63, 3.8) is 0 Å². The van der Waals surface area contributed by atoms with E-state index >= 15 is 0 Å². The molecule has 2 atom stereocenters. The molecule has 1 aliphatic rings. The van der Waals surface area contributed by atoms with Gasteiger partial charge in [-0.2, -0.15) is 0 Å². The molecule has 1 aliphatic carbocycles. The van der Waals surface area contributed by atoms with Gasteiger partial charge in [0.15, 0.2) is 11.5 Å². The van der Waals surface area contributed by atoms with Gasteiger partial charge in [0.05, 0.1) is 14.2 Å². The van der Waals surface area contributed by atoms with Gasteiger partial charge in [0, 0.05) is 0 Å². The van der Waals surface area contributed by atoms with Crippen LogP contribution in [0.5, 0.6) is 11.5 Å². The van der Waals surface area contributed by atoms with Crippen LogP contribution in [-0.2, 0) is 0 Å². The summed E-state index contributed by atoms with van der Waals surface area (Å²) in [7, 11) is 3.35. The molecule has 0 radical (unpaired) electrons. The zero-order valence-corrected chi connectivity index (χ0v) is 16.9. The first kappa shape index (κ1) is 19.1. The van der Waals surface area contributed by atoms with Crippen LogP contribution in [0.1, 0.15) is 51.5 Å². The molecule has 0 fully saturated rings. The van der Waals surface area contributed by atoms with Crippen LogP contribution < -0.4 is 9.47 Å². The largest absolute Gasteiger partial charge is 0.493 e. The van der Waals surface area contributed by atoms with E-state index in [1.54, 1.807) is 14.2 Å². The highest BCUT2D eigenvalue weighted by molar-refractivity contribution is 9.11. The maximum Gasteiger partial charge on any atom is 0.161 e. The molecule has 0 bridgehead atoms. The average Bonchev–Trinajstić information content (AvgIpc) is 2.59. The van der Waals surface area contributed by atoms with Gasteiger partial charge in [-0.05, 0) is 64.9 Å². The molecule has 0 saturated heterocycles. The Morgan fingerprint density at radius 3 is 2.58 bits per heavy atom. The average molecular weight is 393 g/mol. The molecule has 0 spiro atoms. The SMILES string of the molecule is CCCCC1/C(Br)=C\C(c2ccc(OC)c(OC)c2)=C/CC[C@@H]1C. The van der Waals surface area contributed by atoms with Gasteiger partial charge >= 0.3 is 0 Å². The molecule has 1 unspecified atom stereocenters. The fourth-order valence-electron chi connectivity index (χ4n) is 3.35. The van der Waals surface area contributed by atoms with E-state index in [0.717, 1.165) is 17.9 Å². The molecule has 3 heteroatoms. The van der Waals surface area contributed by atoms with Crippen molar-refractivity contribution in [3.05, 3.63) is 40.4 Å². The third kappa shape index (κ3) is 4.66. The van der Waals surface area contributed by atoms with Crippen LogP contribution in [0.4, 0.5) is 0 Å². The highest BCUT2D eigenvalue weighted by atomic mass is 79.9. The standard InChI is InChI=1S/C21H29BrO2/c1-5-6-10-18-15(2)8-7-9-16(13-19(18)22)17-11-12-20(23-3)21(14-17)24-4/h9,11-15,18H,5-8,10H2,1-4H3/b16-9+,19-13+/t15-,18?/m0/s1. The van der Waals surface area contributed by atoms with Crippen molar-refractivity contribution in [2.24, 2.45) is 11.8 Å². The lowest BCUT2D eigenvalue weighted by Gasteiger charge is -2.26. The summed E-state index contributed by atoms with van der Waals surface area (Å²) in [5, 5.41) is 0. The van der Waals surface area contributed by atoms with Crippen LogP contribution >= 0.6 is 15.9 Å². The van der Waals surface area contributed by atoms with E-state index in [2.05, 4.69) is 54.1 Å². The maximum atomic E-state index is 5.46. The second-order valence-corrected chi connectivity index (χ2v) is 7.48. The van der Waals surface area contributed by atoms with E-state index in [1.807, 2.05) is 6.07 Å². The smallest absolute Gasteiger partial charge is 0.161 e. The predicted octanol–water partition coefficient (Wildman–Crippen LogP) is 6.60. The molecule has 0 heterocycles. The van der Waals surface area contributed by atoms with Gasteiger partial charge in [-0.25, -0.2) is 0 Å². The van der Waals surface area contributed by atoms with E-state index < -0.39 is 0 Å². The summed E-state index contributed by atoms with van der Waals surface area (Å²) in [6.07, 6.45) is 10.8. The first-order valence-corrected chi connectivity index (χ1v) is 9.69. The minimum Gasteiger partial charge on any atom is -0.493 e. The number of halogens is 1. The summed E-state index contributed by atoms with van der Waals surface area (Å²) in [5.74, 6) is 2.88. The lowest BCUT2D eigenvalue weighted by atomic mass is 9.83. The molecule has 24 heavy (non-hydrogen) atoms. The Kier molecular flexibility index (Phi) is 7.41. The molecule has 2 rings (SSSR count). The molecular formula is C21H29BrO2. The summed E-state index contributed by atoms with van der Waals surface area (Å²) in [5.41, 5.74) is 2.43. The number of hydrogen-bond acceptors (Lipinski definition) is 2. The van der Waals surface area contributed by atoms with Crippen LogP contribution in [0.2, 0.25) is 0 Å². The third-order valence-electron chi connectivity index (χ3n) is 4.91. The summed E-state index contributed by atoms with van der Waals surface area (Å²) >= 11 is 3.88. The number of hydrogen-bond donors (Lipinski definition) is 0.